The molecule has 1 aromatic carbocycles. The maximum absolute atomic E-state index is 5.50. The molecule has 5 nitrogen and oxygen atoms in total. The second kappa shape index (κ2) is 5.92. The zero-order chi connectivity index (χ0) is 13.8. The number of nitrogens with one attached hydrogen (secondary N) is 1. The quantitative estimate of drug-likeness (QED) is 0.757. The highest BCUT2D eigenvalue weighted by atomic mass is 32.1. The highest BCUT2D eigenvalue weighted by Gasteiger charge is 2.04. The molecule has 0 amide bonds. The third kappa shape index (κ3) is 2.91. The SMILES string of the molecule is CCOc1ccc2nc(NCCn3cccn3)sc2c1. The Bertz CT molecular complexity index is 678. The number of hydrogen-bond donors (Lipinski definition) is 1. The normalized spacial score (nSPS) is 10.8. The minimum atomic E-state index is 0.680. The van der Waals surface area contributed by atoms with Crippen molar-refractivity contribution in [3.63, 3.8) is 0 Å². The number of ether oxygens (including phenoxy) is 1. The van der Waals surface area contributed by atoms with Crippen LogP contribution in [0.25, 0.3) is 10.2 Å². The van der Waals surface area contributed by atoms with Crippen molar-refractivity contribution in [1.29, 1.82) is 0 Å². The number of fused-ring (bicyclic) bond motifs is 1. The number of hydrogen-bond acceptors (Lipinski definition) is 5. The molecule has 3 aromatic rings. The molecule has 2 aromatic heterocycles. The smallest absolute Gasteiger partial charge is 0.183 e. The average Bonchev–Trinajstić information content (AvgIpc) is 3.07. The number of rotatable bonds is 6. The van der Waals surface area contributed by atoms with Crippen LogP contribution in [0.15, 0.2) is 36.7 Å². The summed E-state index contributed by atoms with van der Waals surface area (Å²) in [7, 11) is 0. The van der Waals surface area contributed by atoms with E-state index < -0.39 is 0 Å². The van der Waals surface area contributed by atoms with Crippen LogP contribution < -0.4 is 10.1 Å². The van der Waals surface area contributed by atoms with Gasteiger partial charge in [0.2, 0.25) is 0 Å². The third-order valence-electron chi connectivity index (χ3n) is 2.85. The van der Waals surface area contributed by atoms with Crippen LogP contribution in [0.3, 0.4) is 0 Å². The van der Waals surface area contributed by atoms with Crippen LogP contribution in [0.4, 0.5) is 5.13 Å². The van der Waals surface area contributed by atoms with E-state index in [4.69, 9.17) is 4.74 Å². The van der Waals surface area contributed by atoms with Gasteiger partial charge in [-0.05, 0) is 31.2 Å². The Morgan fingerprint density at radius 3 is 3.15 bits per heavy atom. The fourth-order valence-corrected chi connectivity index (χ4v) is 2.87. The molecule has 0 spiro atoms. The predicted octanol–water partition coefficient (Wildman–Crippen LogP) is 3.00. The first kappa shape index (κ1) is 12.9. The zero-order valence-electron chi connectivity index (χ0n) is 11.2. The van der Waals surface area contributed by atoms with Crippen molar-refractivity contribution in [2.24, 2.45) is 0 Å². The van der Waals surface area contributed by atoms with Crippen LogP contribution in [0.1, 0.15) is 6.92 Å². The molecule has 0 bridgehead atoms. The molecule has 104 valence electrons. The van der Waals surface area contributed by atoms with Gasteiger partial charge in [0.1, 0.15) is 5.75 Å². The second-order valence-electron chi connectivity index (χ2n) is 4.28. The molecule has 1 N–H and O–H groups in total. The molecular weight excluding hydrogens is 272 g/mol. The van der Waals surface area contributed by atoms with Crippen molar-refractivity contribution in [2.75, 3.05) is 18.5 Å². The summed E-state index contributed by atoms with van der Waals surface area (Å²) in [5.74, 6) is 0.895. The molecule has 2 heterocycles. The Labute approximate surface area is 121 Å². The lowest BCUT2D eigenvalue weighted by Gasteiger charge is -2.02. The number of aromatic nitrogens is 3. The van der Waals surface area contributed by atoms with E-state index >= 15 is 0 Å². The number of benzene rings is 1. The summed E-state index contributed by atoms with van der Waals surface area (Å²) in [6.07, 6.45) is 3.74. The molecule has 0 radical (unpaired) electrons. The van der Waals surface area contributed by atoms with Crippen molar-refractivity contribution >= 4 is 26.7 Å². The molecule has 0 atom stereocenters. The van der Waals surface area contributed by atoms with Crippen LogP contribution in [0, 0.1) is 0 Å². The summed E-state index contributed by atoms with van der Waals surface area (Å²) < 4.78 is 8.53. The van der Waals surface area contributed by atoms with Gasteiger partial charge in [0, 0.05) is 18.9 Å². The summed E-state index contributed by atoms with van der Waals surface area (Å²) in [6, 6.07) is 7.91. The second-order valence-corrected chi connectivity index (χ2v) is 5.31. The van der Waals surface area contributed by atoms with E-state index in [0.29, 0.717) is 6.61 Å². The van der Waals surface area contributed by atoms with Crippen LogP contribution in [-0.4, -0.2) is 27.9 Å². The van der Waals surface area contributed by atoms with Gasteiger partial charge in [0.25, 0.3) is 0 Å². The van der Waals surface area contributed by atoms with Gasteiger partial charge in [-0.25, -0.2) is 4.98 Å². The lowest BCUT2D eigenvalue weighted by Crippen LogP contribution is -2.10. The summed E-state index contributed by atoms with van der Waals surface area (Å²) >= 11 is 1.64. The van der Waals surface area contributed by atoms with Gasteiger partial charge >= 0.3 is 0 Å². The first-order valence-electron chi connectivity index (χ1n) is 6.60. The van der Waals surface area contributed by atoms with Crippen molar-refractivity contribution in [3.05, 3.63) is 36.7 Å². The molecule has 0 aliphatic heterocycles. The van der Waals surface area contributed by atoms with Gasteiger partial charge in [-0.2, -0.15) is 5.10 Å². The van der Waals surface area contributed by atoms with Gasteiger partial charge in [0.15, 0.2) is 5.13 Å². The van der Waals surface area contributed by atoms with Crippen LogP contribution in [0.5, 0.6) is 5.75 Å². The molecule has 0 aliphatic carbocycles. The first-order valence-corrected chi connectivity index (χ1v) is 7.41. The van der Waals surface area contributed by atoms with E-state index in [2.05, 4.69) is 15.4 Å². The van der Waals surface area contributed by atoms with Gasteiger partial charge in [-0.3, -0.25) is 4.68 Å². The summed E-state index contributed by atoms with van der Waals surface area (Å²) in [4.78, 5) is 4.55. The topological polar surface area (TPSA) is 52.0 Å². The maximum atomic E-state index is 5.50. The van der Waals surface area contributed by atoms with E-state index in [1.807, 2.05) is 42.1 Å². The van der Waals surface area contributed by atoms with E-state index in [1.54, 1.807) is 17.5 Å². The largest absolute Gasteiger partial charge is 0.494 e. The highest BCUT2D eigenvalue weighted by Crippen LogP contribution is 2.29. The lowest BCUT2D eigenvalue weighted by atomic mass is 10.3. The average molecular weight is 288 g/mol. The van der Waals surface area contributed by atoms with Gasteiger partial charge in [-0.15, -0.1) is 0 Å². The maximum Gasteiger partial charge on any atom is 0.183 e. The Morgan fingerprint density at radius 2 is 2.35 bits per heavy atom. The van der Waals surface area contributed by atoms with E-state index in [-0.39, 0.29) is 0 Å². The van der Waals surface area contributed by atoms with E-state index in [0.717, 1.165) is 34.2 Å². The Morgan fingerprint density at radius 1 is 1.40 bits per heavy atom. The Balaban J connectivity index is 1.66. The number of thiazole rings is 1. The standard InChI is InChI=1S/C14H16N4OS/c1-2-19-11-4-5-12-13(10-11)20-14(17-12)15-7-9-18-8-3-6-16-18/h3-6,8,10H,2,7,9H2,1H3,(H,15,17). The van der Waals surface area contributed by atoms with Gasteiger partial charge in [0.05, 0.1) is 23.4 Å². The summed E-state index contributed by atoms with van der Waals surface area (Å²) in [5.41, 5.74) is 1.00. The molecule has 0 aliphatic rings. The summed E-state index contributed by atoms with van der Waals surface area (Å²) in [6.45, 7) is 4.30. The van der Waals surface area contributed by atoms with Crippen molar-refractivity contribution in [1.82, 2.24) is 14.8 Å². The predicted molar refractivity (Wildman–Crippen MR) is 81.5 cm³/mol. The number of anilines is 1. The minimum Gasteiger partial charge on any atom is -0.494 e. The van der Waals surface area contributed by atoms with Crippen LogP contribution in [-0.2, 0) is 6.54 Å². The zero-order valence-corrected chi connectivity index (χ0v) is 12.1. The van der Waals surface area contributed by atoms with Gasteiger partial charge < -0.3 is 10.1 Å². The monoisotopic (exact) mass is 288 g/mol. The molecule has 3 rings (SSSR count). The lowest BCUT2D eigenvalue weighted by molar-refractivity contribution is 0.341. The number of nitrogens with zero attached hydrogens (tertiary/aromatic N) is 3. The van der Waals surface area contributed by atoms with Crippen LogP contribution in [0.2, 0.25) is 0 Å². The molecule has 20 heavy (non-hydrogen) atoms. The van der Waals surface area contributed by atoms with E-state index in [1.165, 1.54) is 0 Å². The highest BCUT2D eigenvalue weighted by molar-refractivity contribution is 7.22. The Hall–Kier alpha value is -2.08. The first-order chi connectivity index (χ1) is 9.85. The fourth-order valence-electron chi connectivity index (χ4n) is 1.95. The van der Waals surface area contributed by atoms with Crippen molar-refractivity contribution in [2.45, 2.75) is 13.5 Å². The van der Waals surface area contributed by atoms with Crippen LogP contribution >= 0.6 is 11.3 Å². The Kier molecular flexibility index (Phi) is 3.83. The summed E-state index contributed by atoms with van der Waals surface area (Å²) in [5, 5.41) is 8.43. The molecular formula is C14H16N4OS. The van der Waals surface area contributed by atoms with Gasteiger partial charge in [-0.1, -0.05) is 11.3 Å². The fraction of sp³-hybridized carbons (Fsp3) is 0.286. The third-order valence-corrected chi connectivity index (χ3v) is 3.82. The molecule has 0 saturated carbocycles. The minimum absolute atomic E-state index is 0.680. The molecule has 0 saturated heterocycles. The molecule has 0 fully saturated rings. The molecule has 0 unspecified atom stereocenters. The van der Waals surface area contributed by atoms with Crippen molar-refractivity contribution in [3.8, 4) is 5.75 Å². The van der Waals surface area contributed by atoms with Crippen molar-refractivity contribution < 1.29 is 4.74 Å². The molecule has 6 heteroatoms. The van der Waals surface area contributed by atoms with E-state index in [9.17, 15) is 0 Å².